The summed E-state index contributed by atoms with van der Waals surface area (Å²) in [6.45, 7) is 0. The van der Waals surface area contributed by atoms with Crippen LogP contribution >= 0.6 is 23.2 Å². The molecule has 0 bridgehead atoms. The van der Waals surface area contributed by atoms with Gasteiger partial charge in [-0.2, -0.15) is 0 Å². The zero-order valence-electron chi connectivity index (χ0n) is 13.8. The second kappa shape index (κ2) is 8.62. The lowest BCUT2D eigenvalue weighted by molar-refractivity contribution is -0.125. The lowest BCUT2D eigenvalue weighted by atomic mass is 10.1. The van der Waals surface area contributed by atoms with Gasteiger partial charge in [-0.05, 0) is 18.2 Å². The van der Waals surface area contributed by atoms with Gasteiger partial charge in [0.1, 0.15) is 0 Å². The van der Waals surface area contributed by atoms with Gasteiger partial charge in [-0.1, -0.05) is 53.5 Å². The molecule has 1 aromatic heterocycles. The van der Waals surface area contributed by atoms with E-state index in [1.807, 2.05) is 0 Å². The molecule has 0 radical (unpaired) electrons. The topological polar surface area (TPSA) is 81.2 Å². The third kappa shape index (κ3) is 5.03. The number of aromatic nitrogens is 2. The molecule has 1 N–H and O–H groups in total. The number of hydrogen-bond donors (Lipinski definition) is 1. The molecule has 0 saturated heterocycles. The molecule has 0 saturated carbocycles. The van der Waals surface area contributed by atoms with Crippen molar-refractivity contribution >= 4 is 40.8 Å². The Kier molecular flexibility index (Phi) is 6.01. The van der Waals surface area contributed by atoms with Crippen molar-refractivity contribution in [2.75, 3.05) is 5.32 Å². The Hall–Kier alpha value is -2.96. The van der Waals surface area contributed by atoms with Crippen LogP contribution in [0.1, 0.15) is 22.2 Å². The zero-order valence-corrected chi connectivity index (χ0v) is 15.3. The van der Waals surface area contributed by atoms with Crippen molar-refractivity contribution in [1.29, 1.82) is 0 Å². The maximum Gasteiger partial charge on any atom is 0.359 e. The van der Waals surface area contributed by atoms with E-state index < -0.39 is 18.0 Å². The molecule has 3 aromatic rings. The lowest BCUT2D eigenvalue weighted by Gasteiger charge is -2.18. The molecule has 3 rings (SSSR count). The first kappa shape index (κ1) is 18.8. The number of rotatable bonds is 5. The van der Waals surface area contributed by atoms with E-state index in [1.165, 1.54) is 30.7 Å². The van der Waals surface area contributed by atoms with Crippen molar-refractivity contribution in [2.24, 2.45) is 0 Å². The number of amides is 1. The Morgan fingerprint density at radius 1 is 1.00 bits per heavy atom. The summed E-state index contributed by atoms with van der Waals surface area (Å²) in [5.41, 5.74) is 0.881. The van der Waals surface area contributed by atoms with E-state index in [0.717, 1.165) is 0 Å². The number of anilines is 1. The summed E-state index contributed by atoms with van der Waals surface area (Å²) in [5.74, 6) is -1.33. The maximum atomic E-state index is 12.8. The molecule has 6 nitrogen and oxygen atoms in total. The van der Waals surface area contributed by atoms with Crippen LogP contribution in [0.3, 0.4) is 0 Å². The van der Waals surface area contributed by atoms with Crippen molar-refractivity contribution < 1.29 is 14.3 Å². The summed E-state index contributed by atoms with van der Waals surface area (Å²) >= 11 is 11.9. The van der Waals surface area contributed by atoms with Gasteiger partial charge in [-0.15, -0.1) is 0 Å². The average Bonchev–Trinajstić information content (AvgIpc) is 2.66. The van der Waals surface area contributed by atoms with Crippen molar-refractivity contribution in [2.45, 2.75) is 6.10 Å². The number of carbonyl (C=O) groups excluding carboxylic acids is 2. The summed E-state index contributed by atoms with van der Waals surface area (Å²) in [4.78, 5) is 32.9. The highest BCUT2D eigenvalue weighted by atomic mass is 35.5. The molecule has 27 heavy (non-hydrogen) atoms. The first-order valence-electron chi connectivity index (χ1n) is 7.82. The van der Waals surface area contributed by atoms with Crippen molar-refractivity contribution in [1.82, 2.24) is 9.97 Å². The van der Waals surface area contributed by atoms with Crippen LogP contribution in [0, 0.1) is 0 Å². The van der Waals surface area contributed by atoms with Crippen molar-refractivity contribution in [3.05, 3.63) is 88.4 Å². The minimum absolute atomic E-state index is 0.00275. The van der Waals surface area contributed by atoms with Gasteiger partial charge >= 0.3 is 5.97 Å². The number of nitrogens with zero attached hydrogens (tertiary/aromatic N) is 2. The average molecular weight is 402 g/mol. The fourth-order valence-corrected chi connectivity index (χ4v) is 2.83. The largest absolute Gasteiger partial charge is 0.443 e. The molecular formula is C19H13Cl2N3O3. The number of ether oxygens (including phenoxy) is 1. The van der Waals surface area contributed by atoms with Gasteiger partial charge < -0.3 is 10.1 Å². The molecule has 1 atom stereocenters. The maximum absolute atomic E-state index is 12.8. The Labute approximate surface area is 165 Å². The molecule has 1 heterocycles. The zero-order chi connectivity index (χ0) is 19.2. The third-order valence-corrected chi connectivity index (χ3v) is 3.90. The van der Waals surface area contributed by atoms with Gasteiger partial charge in [0.25, 0.3) is 5.91 Å². The van der Waals surface area contributed by atoms with Crippen LogP contribution in [0.4, 0.5) is 5.69 Å². The SMILES string of the molecule is O=C(O[C@H](C(=O)Nc1cc(Cl)cc(Cl)c1)c1ccccc1)c1cnccn1. The Morgan fingerprint density at radius 2 is 1.70 bits per heavy atom. The number of halogens is 2. The predicted octanol–water partition coefficient (Wildman–Crippen LogP) is 4.32. The van der Waals surface area contributed by atoms with E-state index in [-0.39, 0.29) is 5.69 Å². The van der Waals surface area contributed by atoms with Gasteiger partial charge in [0, 0.05) is 33.7 Å². The number of hydrogen-bond acceptors (Lipinski definition) is 5. The summed E-state index contributed by atoms with van der Waals surface area (Å²) < 4.78 is 5.40. The predicted molar refractivity (Wildman–Crippen MR) is 102 cm³/mol. The van der Waals surface area contributed by atoms with Gasteiger partial charge in [-0.25, -0.2) is 9.78 Å². The molecule has 0 fully saturated rings. The Balaban J connectivity index is 1.85. The summed E-state index contributed by atoms with van der Waals surface area (Å²) in [5, 5.41) is 3.39. The van der Waals surface area contributed by atoms with E-state index in [2.05, 4.69) is 15.3 Å². The highest BCUT2D eigenvalue weighted by molar-refractivity contribution is 6.35. The highest BCUT2D eigenvalue weighted by Crippen LogP contribution is 2.25. The molecule has 8 heteroatoms. The molecule has 0 aliphatic rings. The molecule has 0 spiro atoms. The van der Waals surface area contributed by atoms with E-state index in [4.69, 9.17) is 27.9 Å². The van der Waals surface area contributed by atoms with Crippen LogP contribution < -0.4 is 5.32 Å². The summed E-state index contributed by atoms with van der Waals surface area (Å²) in [6.07, 6.45) is 2.86. The summed E-state index contributed by atoms with van der Waals surface area (Å²) in [6, 6.07) is 13.2. The van der Waals surface area contributed by atoms with Crippen LogP contribution in [0.5, 0.6) is 0 Å². The van der Waals surface area contributed by atoms with Gasteiger partial charge in [0.15, 0.2) is 5.69 Å². The Morgan fingerprint density at radius 3 is 2.33 bits per heavy atom. The van der Waals surface area contributed by atoms with E-state index >= 15 is 0 Å². The number of nitrogens with one attached hydrogen (secondary N) is 1. The summed E-state index contributed by atoms with van der Waals surface area (Å²) in [7, 11) is 0. The van der Waals surface area contributed by atoms with Crippen molar-refractivity contribution in [3.8, 4) is 0 Å². The Bertz CT molecular complexity index is 933. The van der Waals surface area contributed by atoms with E-state index in [1.54, 1.807) is 36.4 Å². The van der Waals surface area contributed by atoms with Crippen LogP contribution in [-0.2, 0) is 9.53 Å². The van der Waals surface area contributed by atoms with E-state index in [0.29, 0.717) is 21.3 Å². The smallest absolute Gasteiger partial charge is 0.359 e. The third-order valence-electron chi connectivity index (χ3n) is 3.47. The quantitative estimate of drug-likeness (QED) is 0.643. The fourth-order valence-electron chi connectivity index (χ4n) is 2.31. The van der Waals surface area contributed by atoms with E-state index in [9.17, 15) is 9.59 Å². The molecular weight excluding hydrogens is 389 g/mol. The van der Waals surface area contributed by atoms with Crippen LogP contribution in [-0.4, -0.2) is 21.8 Å². The number of esters is 1. The number of benzene rings is 2. The molecule has 0 aliphatic carbocycles. The molecule has 0 unspecified atom stereocenters. The van der Waals surface area contributed by atoms with Crippen LogP contribution in [0.25, 0.3) is 0 Å². The molecule has 0 aliphatic heterocycles. The second-order valence-electron chi connectivity index (χ2n) is 5.43. The first-order chi connectivity index (χ1) is 13.0. The fraction of sp³-hybridized carbons (Fsp3) is 0.0526. The standard InChI is InChI=1S/C19H13Cl2N3O3/c20-13-8-14(21)10-15(9-13)24-18(25)17(12-4-2-1-3-5-12)27-19(26)16-11-22-6-7-23-16/h1-11,17H,(H,24,25)/t17-/m0/s1. The molecule has 136 valence electrons. The van der Waals surface area contributed by atoms with Crippen LogP contribution in [0.15, 0.2) is 67.1 Å². The number of carbonyl (C=O) groups is 2. The lowest BCUT2D eigenvalue weighted by Crippen LogP contribution is -2.26. The molecule has 1 amide bonds. The molecule has 2 aromatic carbocycles. The second-order valence-corrected chi connectivity index (χ2v) is 6.31. The first-order valence-corrected chi connectivity index (χ1v) is 8.57. The van der Waals surface area contributed by atoms with Gasteiger partial charge in [-0.3, -0.25) is 9.78 Å². The normalized spacial score (nSPS) is 11.5. The highest BCUT2D eigenvalue weighted by Gasteiger charge is 2.26. The minimum atomic E-state index is -1.20. The van der Waals surface area contributed by atoms with Gasteiger partial charge in [0.05, 0.1) is 6.20 Å². The van der Waals surface area contributed by atoms with Crippen molar-refractivity contribution in [3.63, 3.8) is 0 Å². The minimum Gasteiger partial charge on any atom is -0.443 e. The van der Waals surface area contributed by atoms with Crippen LogP contribution in [0.2, 0.25) is 10.0 Å². The monoisotopic (exact) mass is 401 g/mol. The van der Waals surface area contributed by atoms with Gasteiger partial charge in [0.2, 0.25) is 6.10 Å².